The van der Waals surface area contributed by atoms with Crippen LogP contribution in [-0.2, 0) is 9.59 Å². The number of rotatable bonds is 10. The van der Waals surface area contributed by atoms with Gasteiger partial charge in [0.15, 0.2) is 0 Å². The summed E-state index contributed by atoms with van der Waals surface area (Å²) >= 11 is 12.3. The Morgan fingerprint density at radius 2 is 1.50 bits per heavy atom. The number of halogens is 4. The highest BCUT2D eigenvalue weighted by Gasteiger charge is 2.31. The van der Waals surface area contributed by atoms with Crippen molar-refractivity contribution in [2.45, 2.75) is 18.9 Å². The van der Waals surface area contributed by atoms with Crippen LogP contribution in [0.5, 0.6) is 0 Å². The fraction of sp³-hybridized carbons (Fsp3) is 0.267. The maximum absolute atomic E-state index is 13.5. The molecule has 6 nitrogen and oxygen atoms in total. The summed E-state index contributed by atoms with van der Waals surface area (Å²) in [6.45, 7) is 2.17. The van der Waals surface area contributed by atoms with Crippen molar-refractivity contribution < 1.29 is 18.4 Å². The van der Waals surface area contributed by atoms with Gasteiger partial charge >= 0.3 is 0 Å². The Morgan fingerprint density at radius 3 is 2.05 bits per heavy atom. The number of hydrogen-bond donors (Lipinski definition) is 2. The van der Waals surface area contributed by atoms with E-state index >= 15 is 0 Å². The van der Waals surface area contributed by atoms with Gasteiger partial charge in [-0.05, 0) is 72.5 Å². The lowest BCUT2D eigenvalue weighted by molar-refractivity contribution is -0.127. The molecule has 0 aromatic heterocycles. The Balaban J connectivity index is 1.35. The summed E-state index contributed by atoms with van der Waals surface area (Å²) in [5.74, 6) is -1.40. The van der Waals surface area contributed by atoms with E-state index in [1.54, 1.807) is 42.5 Å². The molecule has 1 saturated heterocycles. The van der Waals surface area contributed by atoms with E-state index in [1.165, 1.54) is 24.3 Å². The number of para-hydroxylation sites is 1. The number of nitrogens with one attached hydrogen (secondary N) is 1. The maximum Gasteiger partial charge on any atom is 0.238 e. The summed E-state index contributed by atoms with van der Waals surface area (Å²) in [4.78, 5) is 28.8. The molecule has 10 heteroatoms. The van der Waals surface area contributed by atoms with Gasteiger partial charge in [-0.1, -0.05) is 59.6 Å². The molecule has 40 heavy (non-hydrogen) atoms. The van der Waals surface area contributed by atoms with Crippen molar-refractivity contribution in [1.82, 2.24) is 9.80 Å². The van der Waals surface area contributed by atoms with Gasteiger partial charge in [0.1, 0.15) is 17.7 Å². The maximum atomic E-state index is 13.5. The van der Waals surface area contributed by atoms with Gasteiger partial charge in [-0.3, -0.25) is 19.4 Å². The molecule has 4 rings (SSSR count). The van der Waals surface area contributed by atoms with Crippen LogP contribution in [0, 0.1) is 11.6 Å². The molecule has 3 aromatic rings. The first-order valence-electron chi connectivity index (χ1n) is 12.9. The molecule has 1 unspecified atom stereocenters. The smallest absolute Gasteiger partial charge is 0.238 e. The third kappa shape index (κ3) is 7.88. The highest BCUT2D eigenvalue weighted by molar-refractivity contribution is 6.39. The molecule has 1 heterocycles. The molecule has 3 aromatic carbocycles. The van der Waals surface area contributed by atoms with Gasteiger partial charge in [0, 0.05) is 19.6 Å². The van der Waals surface area contributed by atoms with Crippen LogP contribution in [0.1, 0.15) is 24.0 Å². The first-order chi connectivity index (χ1) is 19.2. The minimum Gasteiger partial charge on any atom is -0.368 e. The highest BCUT2D eigenvalue weighted by atomic mass is 35.5. The van der Waals surface area contributed by atoms with Crippen LogP contribution < -0.4 is 11.1 Å². The molecule has 0 aliphatic carbocycles. The van der Waals surface area contributed by atoms with Crippen LogP contribution in [0.15, 0.2) is 72.8 Å². The zero-order valence-electron chi connectivity index (χ0n) is 21.8. The predicted octanol–water partition coefficient (Wildman–Crippen LogP) is 5.59. The van der Waals surface area contributed by atoms with Crippen LogP contribution in [0.2, 0.25) is 10.0 Å². The summed E-state index contributed by atoms with van der Waals surface area (Å²) in [6, 6.07) is 16.8. The van der Waals surface area contributed by atoms with Crippen LogP contribution in [-0.4, -0.2) is 60.4 Å². The molecule has 1 atom stereocenters. The number of primary amides is 1. The van der Waals surface area contributed by atoms with E-state index in [4.69, 9.17) is 28.9 Å². The van der Waals surface area contributed by atoms with E-state index in [-0.39, 0.29) is 24.1 Å². The third-order valence-corrected chi connectivity index (χ3v) is 7.44. The molecule has 210 valence electrons. The van der Waals surface area contributed by atoms with Gasteiger partial charge in [-0.2, -0.15) is 0 Å². The van der Waals surface area contributed by atoms with Gasteiger partial charge in [-0.25, -0.2) is 8.78 Å². The number of amides is 2. The van der Waals surface area contributed by atoms with Crippen LogP contribution >= 0.6 is 23.2 Å². The minimum absolute atomic E-state index is 0.0700. The first-order valence-corrected chi connectivity index (χ1v) is 13.7. The molecule has 1 fully saturated rings. The Kier molecular flexibility index (Phi) is 10.3. The van der Waals surface area contributed by atoms with E-state index in [0.717, 1.165) is 23.1 Å². The molecule has 0 radical (unpaired) electrons. The average Bonchev–Trinajstić information content (AvgIpc) is 2.93. The van der Waals surface area contributed by atoms with Crippen LogP contribution in [0.25, 0.3) is 5.57 Å². The van der Waals surface area contributed by atoms with Gasteiger partial charge in [0.2, 0.25) is 11.8 Å². The molecule has 2 amide bonds. The summed E-state index contributed by atoms with van der Waals surface area (Å²) in [5.41, 5.74) is 8.61. The third-order valence-electron chi connectivity index (χ3n) is 6.81. The Labute approximate surface area is 242 Å². The van der Waals surface area contributed by atoms with Gasteiger partial charge < -0.3 is 11.1 Å². The number of carbonyl (C=O) groups excluding carboxylic acids is 2. The van der Waals surface area contributed by atoms with Crippen molar-refractivity contribution in [2.75, 3.05) is 38.0 Å². The Hall–Kier alpha value is -3.30. The van der Waals surface area contributed by atoms with Crippen LogP contribution in [0.3, 0.4) is 0 Å². The van der Waals surface area contributed by atoms with E-state index in [2.05, 4.69) is 5.32 Å². The molecule has 0 spiro atoms. The van der Waals surface area contributed by atoms with Crippen molar-refractivity contribution in [1.29, 1.82) is 0 Å². The number of nitrogens with zero attached hydrogens (tertiary/aromatic N) is 2. The lowest BCUT2D eigenvalue weighted by Gasteiger charge is -2.39. The summed E-state index contributed by atoms with van der Waals surface area (Å²) in [7, 11) is 0. The van der Waals surface area contributed by atoms with E-state index in [1.807, 2.05) is 15.9 Å². The lowest BCUT2D eigenvalue weighted by Crippen LogP contribution is -2.59. The second-order valence-electron chi connectivity index (χ2n) is 9.61. The SMILES string of the molecule is NC(=O)C1CN(CC(=O)Nc2c(Cl)cccc2Cl)CCN1CCCC=C(c1ccc(F)cc1)c1ccc(F)cc1. The first kappa shape index (κ1) is 29.7. The summed E-state index contributed by atoms with van der Waals surface area (Å²) < 4.78 is 27.0. The van der Waals surface area contributed by atoms with Crippen molar-refractivity contribution in [3.63, 3.8) is 0 Å². The van der Waals surface area contributed by atoms with Crippen molar-refractivity contribution >= 4 is 46.3 Å². The van der Waals surface area contributed by atoms with Gasteiger partial charge in [0.25, 0.3) is 0 Å². The fourth-order valence-electron chi connectivity index (χ4n) is 4.76. The largest absolute Gasteiger partial charge is 0.368 e. The Bertz CT molecular complexity index is 1300. The number of allylic oxidation sites excluding steroid dienone is 1. The predicted molar refractivity (Wildman–Crippen MR) is 155 cm³/mol. The second kappa shape index (κ2) is 13.9. The quantitative estimate of drug-likeness (QED) is 0.303. The zero-order valence-corrected chi connectivity index (χ0v) is 23.3. The average molecular weight is 587 g/mol. The number of piperazine rings is 1. The number of benzene rings is 3. The van der Waals surface area contributed by atoms with Crippen molar-refractivity contribution in [3.8, 4) is 0 Å². The number of hydrogen-bond acceptors (Lipinski definition) is 4. The molecule has 3 N–H and O–H groups in total. The molecule has 0 saturated carbocycles. The number of anilines is 1. The monoisotopic (exact) mass is 586 g/mol. The van der Waals surface area contributed by atoms with E-state index < -0.39 is 11.9 Å². The second-order valence-corrected chi connectivity index (χ2v) is 10.4. The molecular weight excluding hydrogens is 557 g/mol. The molecular formula is C30H30Cl2F2N4O2. The number of nitrogens with two attached hydrogens (primary N) is 1. The van der Waals surface area contributed by atoms with E-state index in [9.17, 15) is 18.4 Å². The van der Waals surface area contributed by atoms with Gasteiger partial charge in [0.05, 0.1) is 22.3 Å². The van der Waals surface area contributed by atoms with E-state index in [0.29, 0.717) is 48.3 Å². The molecule has 0 bridgehead atoms. The van der Waals surface area contributed by atoms with Crippen molar-refractivity contribution in [2.24, 2.45) is 5.73 Å². The standard InChI is InChI=1S/C30H30Cl2F2N4O2/c31-25-5-3-6-26(32)29(25)36-28(39)19-37-16-17-38(27(18-37)30(35)40)15-2-1-4-24(20-7-11-22(33)12-8-20)21-9-13-23(34)14-10-21/h3-14,27H,1-2,15-19H2,(H2,35,40)(H,36,39). The molecule has 1 aliphatic heterocycles. The molecule has 1 aliphatic rings. The Morgan fingerprint density at radius 1 is 0.925 bits per heavy atom. The topological polar surface area (TPSA) is 78.7 Å². The normalized spacial score (nSPS) is 15.9. The zero-order chi connectivity index (χ0) is 28.6. The number of unbranched alkanes of at least 4 members (excludes halogenated alkanes) is 1. The highest BCUT2D eigenvalue weighted by Crippen LogP contribution is 2.30. The fourth-order valence-corrected chi connectivity index (χ4v) is 5.25. The summed E-state index contributed by atoms with van der Waals surface area (Å²) in [5, 5.41) is 3.43. The minimum atomic E-state index is -0.539. The number of carbonyl (C=O) groups is 2. The summed E-state index contributed by atoms with van der Waals surface area (Å²) in [6.07, 6.45) is 3.46. The van der Waals surface area contributed by atoms with Crippen molar-refractivity contribution in [3.05, 3.63) is 106 Å². The van der Waals surface area contributed by atoms with Gasteiger partial charge in [-0.15, -0.1) is 0 Å². The lowest BCUT2D eigenvalue weighted by atomic mass is 9.96. The van der Waals surface area contributed by atoms with Crippen LogP contribution in [0.4, 0.5) is 14.5 Å².